The van der Waals surface area contributed by atoms with E-state index in [2.05, 4.69) is 5.32 Å². The molecule has 1 fully saturated rings. The molecule has 108 valence electrons. The lowest BCUT2D eigenvalue weighted by molar-refractivity contribution is -0.143. The number of carbonyl (C=O) groups excluding carboxylic acids is 1. The predicted molar refractivity (Wildman–Crippen MR) is 79.1 cm³/mol. The second-order valence-corrected chi connectivity index (χ2v) is 5.98. The molecule has 0 saturated heterocycles. The third-order valence-electron chi connectivity index (χ3n) is 3.71. The van der Waals surface area contributed by atoms with Crippen LogP contribution in [0.5, 0.6) is 0 Å². The summed E-state index contributed by atoms with van der Waals surface area (Å²) in [5.74, 6) is -1.20. The van der Waals surface area contributed by atoms with Crippen molar-refractivity contribution in [2.24, 2.45) is 5.92 Å². The van der Waals surface area contributed by atoms with Gasteiger partial charge in [0.15, 0.2) is 0 Å². The summed E-state index contributed by atoms with van der Waals surface area (Å²) < 4.78 is 0. The molecule has 1 aromatic rings. The maximum atomic E-state index is 12.1. The normalized spacial score (nSPS) is 22.2. The van der Waals surface area contributed by atoms with Crippen LogP contribution in [0.3, 0.4) is 0 Å². The van der Waals surface area contributed by atoms with E-state index >= 15 is 0 Å². The first-order valence-corrected chi connectivity index (χ1v) is 8.00. The minimum absolute atomic E-state index is 0.0300. The first kappa shape index (κ1) is 14.9. The number of carbonyl (C=O) groups is 2. The number of carboxylic acids is 1. The third-order valence-corrected chi connectivity index (χ3v) is 4.45. The van der Waals surface area contributed by atoms with Crippen molar-refractivity contribution in [3.05, 3.63) is 29.8 Å². The maximum Gasteiger partial charge on any atom is 0.306 e. The summed E-state index contributed by atoms with van der Waals surface area (Å²) in [6.07, 6.45) is 4.95. The van der Waals surface area contributed by atoms with Gasteiger partial charge in [-0.2, -0.15) is 0 Å². The molecule has 1 aliphatic carbocycles. The largest absolute Gasteiger partial charge is 0.481 e. The van der Waals surface area contributed by atoms with Crippen LogP contribution in [0.2, 0.25) is 0 Å². The van der Waals surface area contributed by atoms with Gasteiger partial charge in [-0.25, -0.2) is 0 Å². The smallest absolute Gasteiger partial charge is 0.306 e. The fraction of sp³-hybridized carbons (Fsp3) is 0.467. The lowest BCUT2D eigenvalue weighted by Gasteiger charge is -2.27. The van der Waals surface area contributed by atoms with E-state index in [9.17, 15) is 9.59 Å². The molecule has 0 aromatic heterocycles. The van der Waals surface area contributed by atoms with Crippen molar-refractivity contribution in [1.82, 2.24) is 5.32 Å². The van der Waals surface area contributed by atoms with Crippen LogP contribution in [0.4, 0.5) is 0 Å². The molecule has 2 atom stereocenters. The van der Waals surface area contributed by atoms with Crippen molar-refractivity contribution in [2.45, 2.75) is 36.6 Å². The fourth-order valence-corrected chi connectivity index (χ4v) is 2.96. The van der Waals surface area contributed by atoms with Gasteiger partial charge in [-0.15, -0.1) is 11.8 Å². The van der Waals surface area contributed by atoms with Gasteiger partial charge in [-0.3, -0.25) is 9.59 Å². The van der Waals surface area contributed by atoms with E-state index < -0.39 is 5.97 Å². The molecule has 1 amide bonds. The highest BCUT2D eigenvalue weighted by Gasteiger charge is 2.27. The Morgan fingerprint density at radius 3 is 2.55 bits per heavy atom. The fourth-order valence-electron chi connectivity index (χ4n) is 2.56. The summed E-state index contributed by atoms with van der Waals surface area (Å²) in [6.45, 7) is 0. The lowest BCUT2D eigenvalue weighted by atomic mass is 9.85. The van der Waals surface area contributed by atoms with Gasteiger partial charge in [0.1, 0.15) is 0 Å². The predicted octanol–water partition coefficient (Wildman–Crippen LogP) is 2.78. The van der Waals surface area contributed by atoms with E-state index in [4.69, 9.17) is 5.11 Å². The van der Waals surface area contributed by atoms with E-state index in [0.29, 0.717) is 18.4 Å². The number of aliphatic carboxylic acids is 1. The minimum Gasteiger partial charge on any atom is -0.481 e. The van der Waals surface area contributed by atoms with Crippen molar-refractivity contribution in [2.75, 3.05) is 6.26 Å². The number of thioether (sulfide) groups is 1. The quantitative estimate of drug-likeness (QED) is 0.838. The maximum absolute atomic E-state index is 12.1. The number of carboxylic acid groups (broad SMARTS) is 1. The summed E-state index contributed by atoms with van der Waals surface area (Å²) in [5.41, 5.74) is 0.625. The lowest BCUT2D eigenvalue weighted by Crippen LogP contribution is -2.39. The Kier molecular flexibility index (Phi) is 5.06. The van der Waals surface area contributed by atoms with Gasteiger partial charge in [0.25, 0.3) is 5.91 Å². The first-order valence-electron chi connectivity index (χ1n) is 6.78. The Bertz CT molecular complexity index is 486. The van der Waals surface area contributed by atoms with Crippen molar-refractivity contribution in [3.63, 3.8) is 0 Å². The highest BCUT2D eigenvalue weighted by Crippen LogP contribution is 2.24. The van der Waals surface area contributed by atoms with Crippen LogP contribution in [0.15, 0.2) is 29.2 Å². The number of hydrogen-bond acceptors (Lipinski definition) is 3. The number of benzene rings is 1. The van der Waals surface area contributed by atoms with Crippen molar-refractivity contribution >= 4 is 23.6 Å². The molecule has 0 radical (unpaired) electrons. The van der Waals surface area contributed by atoms with Crippen molar-refractivity contribution < 1.29 is 14.7 Å². The van der Waals surface area contributed by atoms with Crippen molar-refractivity contribution in [1.29, 1.82) is 0 Å². The third kappa shape index (κ3) is 3.76. The summed E-state index contributed by atoms with van der Waals surface area (Å²) in [5, 5.41) is 12.0. The van der Waals surface area contributed by atoms with Gasteiger partial charge in [0.2, 0.25) is 0 Å². The highest BCUT2D eigenvalue weighted by molar-refractivity contribution is 7.98. The van der Waals surface area contributed by atoms with Crippen LogP contribution >= 0.6 is 11.8 Å². The van der Waals surface area contributed by atoms with Gasteiger partial charge in [0.05, 0.1) is 5.92 Å². The topological polar surface area (TPSA) is 66.4 Å². The molecule has 1 aliphatic rings. The Labute approximate surface area is 123 Å². The summed E-state index contributed by atoms with van der Waals surface area (Å²) >= 11 is 1.63. The molecule has 2 unspecified atom stereocenters. The standard InChI is InChI=1S/C15H19NO3S/c1-20-13-7-5-10(6-8-13)14(17)16-12-4-2-3-11(9-12)15(18)19/h5-8,11-12H,2-4,9H2,1H3,(H,16,17)(H,18,19). The van der Waals surface area contributed by atoms with Crippen LogP contribution in [-0.4, -0.2) is 29.3 Å². The first-order chi connectivity index (χ1) is 9.60. The Hall–Kier alpha value is -1.49. The van der Waals surface area contributed by atoms with Gasteiger partial charge >= 0.3 is 5.97 Å². The van der Waals surface area contributed by atoms with Gasteiger partial charge < -0.3 is 10.4 Å². The molecule has 2 N–H and O–H groups in total. The molecule has 4 nitrogen and oxygen atoms in total. The molecule has 20 heavy (non-hydrogen) atoms. The molecule has 5 heteroatoms. The molecular weight excluding hydrogens is 274 g/mol. The van der Waals surface area contributed by atoms with E-state index in [0.717, 1.165) is 17.7 Å². The van der Waals surface area contributed by atoms with E-state index in [-0.39, 0.29) is 17.9 Å². The Morgan fingerprint density at radius 1 is 1.25 bits per heavy atom. The Balaban J connectivity index is 1.94. The molecule has 0 aliphatic heterocycles. The van der Waals surface area contributed by atoms with Gasteiger partial charge in [0, 0.05) is 16.5 Å². The number of amides is 1. The average Bonchev–Trinajstić information content (AvgIpc) is 2.47. The monoisotopic (exact) mass is 293 g/mol. The van der Waals surface area contributed by atoms with E-state index in [1.807, 2.05) is 18.4 Å². The highest BCUT2D eigenvalue weighted by atomic mass is 32.2. The summed E-state index contributed by atoms with van der Waals surface area (Å²) in [6, 6.07) is 7.41. The van der Waals surface area contributed by atoms with Crippen LogP contribution in [0.1, 0.15) is 36.0 Å². The van der Waals surface area contributed by atoms with Crippen LogP contribution in [0.25, 0.3) is 0 Å². The number of hydrogen-bond donors (Lipinski definition) is 2. The average molecular weight is 293 g/mol. The second-order valence-electron chi connectivity index (χ2n) is 5.10. The molecule has 2 rings (SSSR count). The second kappa shape index (κ2) is 6.79. The SMILES string of the molecule is CSc1ccc(C(=O)NC2CCCC(C(=O)O)C2)cc1. The van der Waals surface area contributed by atoms with E-state index in [1.54, 1.807) is 23.9 Å². The molecule has 0 spiro atoms. The zero-order chi connectivity index (χ0) is 14.5. The van der Waals surface area contributed by atoms with Crippen LogP contribution < -0.4 is 5.32 Å². The number of nitrogens with one attached hydrogen (secondary N) is 1. The van der Waals surface area contributed by atoms with Crippen LogP contribution in [0, 0.1) is 5.92 Å². The zero-order valence-corrected chi connectivity index (χ0v) is 12.3. The van der Waals surface area contributed by atoms with Gasteiger partial charge in [-0.1, -0.05) is 6.42 Å². The molecular formula is C15H19NO3S. The summed E-state index contributed by atoms with van der Waals surface area (Å²) in [4.78, 5) is 24.3. The number of rotatable bonds is 4. The minimum atomic E-state index is -0.756. The molecule has 1 aromatic carbocycles. The van der Waals surface area contributed by atoms with E-state index in [1.165, 1.54) is 0 Å². The van der Waals surface area contributed by atoms with Gasteiger partial charge in [-0.05, 0) is 49.8 Å². The Morgan fingerprint density at radius 2 is 1.95 bits per heavy atom. The molecule has 0 heterocycles. The van der Waals surface area contributed by atoms with Crippen molar-refractivity contribution in [3.8, 4) is 0 Å². The molecule has 0 bridgehead atoms. The summed E-state index contributed by atoms with van der Waals surface area (Å²) in [7, 11) is 0. The zero-order valence-electron chi connectivity index (χ0n) is 11.5. The molecule has 1 saturated carbocycles. The van der Waals surface area contributed by atoms with Crippen LogP contribution in [-0.2, 0) is 4.79 Å².